The van der Waals surface area contributed by atoms with Gasteiger partial charge in [0.05, 0.1) is 32.5 Å². The molecule has 14 heteroatoms. The first kappa shape index (κ1) is 22.7. The van der Waals surface area contributed by atoms with Crippen molar-refractivity contribution in [3.8, 4) is 18.2 Å². The summed E-state index contributed by atoms with van der Waals surface area (Å²) in [5.41, 5.74) is -3.17. The Balaban J connectivity index is 2.37. The maximum absolute atomic E-state index is 15.3. The van der Waals surface area contributed by atoms with E-state index in [0.717, 1.165) is 0 Å². The number of halogens is 6. The molecule has 0 aliphatic carbocycles. The number of fused-ring (bicyclic) bond motifs is 2. The zero-order valence-corrected chi connectivity index (χ0v) is 17.4. The van der Waals surface area contributed by atoms with Crippen LogP contribution in [0.1, 0.15) is 0 Å². The predicted octanol–water partition coefficient (Wildman–Crippen LogP) is 3.78. The molecule has 0 saturated heterocycles. The van der Waals surface area contributed by atoms with E-state index in [1.807, 2.05) is 0 Å². The smallest absolute Gasteiger partial charge is 0.244 e. The lowest BCUT2D eigenvalue weighted by Crippen LogP contribution is -2.03. The van der Waals surface area contributed by atoms with Crippen LogP contribution in [0.2, 0.25) is 0 Å². The Kier molecular flexibility index (Phi) is 5.42. The lowest BCUT2D eigenvalue weighted by atomic mass is 10.1. The van der Waals surface area contributed by atoms with Crippen molar-refractivity contribution in [2.24, 2.45) is 0 Å². The van der Waals surface area contributed by atoms with Crippen molar-refractivity contribution in [1.82, 2.24) is 9.97 Å². The van der Waals surface area contributed by atoms with Crippen molar-refractivity contribution in [3.63, 3.8) is 0 Å². The van der Waals surface area contributed by atoms with E-state index in [1.165, 1.54) is 18.2 Å². The van der Waals surface area contributed by atoms with Crippen molar-refractivity contribution in [2.45, 2.75) is 0 Å². The summed E-state index contributed by atoms with van der Waals surface area (Å²) in [5.74, 6) is -11.3. The van der Waals surface area contributed by atoms with E-state index in [4.69, 9.17) is 22.4 Å². The zero-order chi connectivity index (χ0) is 24.9. The summed E-state index contributed by atoms with van der Waals surface area (Å²) in [5, 5.41) is 23.6. The second kappa shape index (κ2) is 8.13. The average molecular weight is 502 g/mol. The van der Waals surface area contributed by atoms with E-state index in [1.54, 1.807) is 0 Å². The molecule has 164 valence electrons. The van der Waals surface area contributed by atoms with Gasteiger partial charge in [-0.05, 0) is 0 Å². The molecule has 6 nitrogen and oxygen atoms in total. The van der Waals surface area contributed by atoms with Gasteiger partial charge in [-0.2, -0.15) is 10.5 Å². The Morgan fingerprint density at radius 1 is 0.676 bits per heavy atom. The molecule has 2 aromatic heterocycles. The summed E-state index contributed by atoms with van der Waals surface area (Å²) >= 11 is 0.507. The molecule has 0 N–H and O–H groups in total. The standard InChI is InChI=1S/C20F6N6S2/c1-30-6(4-29)20-32-16-14(26)10(22)8(12(24)18(16)34-20)7-9(21)13(25)15-17(11(7)23)33-19(31-15)5(2-27)3-28/b8-7+,20-6+. The normalized spacial score (nSPS) is 12.6. The van der Waals surface area contributed by atoms with Gasteiger partial charge in [0.15, 0.2) is 40.5 Å². The molecule has 0 fully saturated rings. The predicted molar refractivity (Wildman–Crippen MR) is 106 cm³/mol. The van der Waals surface area contributed by atoms with Crippen LogP contribution in [-0.4, -0.2) is 9.97 Å². The Bertz CT molecular complexity index is 1810. The van der Waals surface area contributed by atoms with Crippen LogP contribution < -0.4 is 9.33 Å². The molecule has 0 saturated carbocycles. The fourth-order valence-electron chi connectivity index (χ4n) is 2.97. The lowest BCUT2D eigenvalue weighted by Gasteiger charge is -2.03. The van der Waals surface area contributed by atoms with Crippen LogP contribution in [0.15, 0.2) is 0 Å². The summed E-state index contributed by atoms with van der Waals surface area (Å²) in [4.78, 5) is 9.87. The summed E-state index contributed by atoms with van der Waals surface area (Å²) in [6, 6.07) is 4.32. The average Bonchev–Trinajstić information content (AvgIpc) is 3.46. The van der Waals surface area contributed by atoms with Gasteiger partial charge in [0.2, 0.25) is 0 Å². The Morgan fingerprint density at radius 3 is 1.53 bits per heavy atom. The number of nitriles is 3. The lowest BCUT2D eigenvalue weighted by molar-refractivity contribution is 0.479. The Hall–Kier alpha value is -4.50. The van der Waals surface area contributed by atoms with E-state index in [0.29, 0.717) is 0 Å². The molecule has 2 heterocycles. The van der Waals surface area contributed by atoms with Crippen molar-refractivity contribution in [2.75, 3.05) is 0 Å². The van der Waals surface area contributed by atoms with Gasteiger partial charge in [0.1, 0.15) is 32.5 Å². The molecule has 4 rings (SSSR count). The summed E-state index contributed by atoms with van der Waals surface area (Å²) in [7, 11) is 0. The zero-order valence-electron chi connectivity index (χ0n) is 15.8. The van der Waals surface area contributed by atoms with Gasteiger partial charge in [0.25, 0.3) is 5.70 Å². The number of hydrogen-bond donors (Lipinski definition) is 0. The van der Waals surface area contributed by atoms with Crippen LogP contribution in [0.5, 0.6) is 0 Å². The van der Waals surface area contributed by atoms with E-state index < -0.39 is 86.4 Å². The monoisotopic (exact) mass is 502 g/mol. The molecule has 34 heavy (non-hydrogen) atoms. The van der Waals surface area contributed by atoms with E-state index in [9.17, 15) is 17.6 Å². The Labute approximate surface area is 190 Å². The van der Waals surface area contributed by atoms with Crippen LogP contribution in [0.3, 0.4) is 0 Å². The van der Waals surface area contributed by atoms with Crippen LogP contribution in [0.25, 0.3) is 36.5 Å². The number of hydrogen-bond acceptors (Lipinski definition) is 7. The molecule has 0 aliphatic rings. The highest BCUT2D eigenvalue weighted by Gasteiger charge is 2.26. The molecule has 0 amide bonds. The molecule has 4 aromatic rings. The maximum atomic E-state index is 15.3. The molecular formula is C20F6N6S2. The molecule has 2 aromatic carbocycles. The van der Waals surface area contributed by atoms with E-state index in [2.05, 4.69) is 14.8 Å². The first-order chi connectivity index (χ1) is 16.2. The maximum Gasteiger partial charge on any atom is 0.296 e. The van der Waals surface area contributed by atoms with Crippen LogP contribution >= 0.6 is 22.7 Å². The number of benzene rings is 2. The number of aromatic nitrogens is 2. The van der Waals surface area contributed by atoms with Gasteiger partial charge in [-0.3, -0.25) is 0 Å². The van der Waals surface area contributed by atoms with Gasteiger partial charge in [0, 0.05) is 0 Å². The van der Waals surface area contributed by atoms with Gasteiger partial charge >= 0.3 is 0 Å². The molecule has 0 unspecified atom stereocenters. The third-order valence-corrected chi connectivity index (χ3v) is 6.56. The van der Waals surface area contributed by atoms with Crippen LogP contribution in [0, 0.1) is 85.9 Å². The quantitative estimate of drug-likeness (QED) is 0.207. The summed E-state index contributed by atoms with van der Waals surface area (Å²) in [6.45, 7) is 6.90. The van der Waals surface area contributed by atoms with Gasteiger partial charge in [-0.1, -0.05) is 0 Å². The fourth-order valence-corrected chi connectivity index (χ4v) is 4.86. The minimum Gasteiger partial charge on any atom is -0.244 e. The number of thiazole rings is 2. The second-order valence-corrected chi connectivity index (χ2v) is 8.20. The van der Waals surface area contributed by atoms with Crippen molar-refractivity contribution in [3.05, 3.63) is 66.1 Å². The van der Waals surface area contributed by atoms with Crippen LogP contribution in [0.4, 0.5) is 26.3 Å². The third-order valence-electron chi connectivity index (χ3n) is 4.44. The summed E-state index contributed by atoms with van der Waals surface area (Å²) in [6.07, 6.45) is 0. The van der Waals surface area contributed by atoms with Gasteiger partial charge in [-0.15, -0.1) is 22.7 Å². The molecule has 0 aliphatic heterocycles. The number of rotatable bonds is 0. The van der Waals surface area contributed by atoms with E-state index in [-0.39, 0.29) is 22.7 Å². The first-order valence-electron chi connectivity index (χ1n) is 8.46. The van der Waals surface area contributed by atoms with Crippen LogP contribution in [-0.2, 0) is 0 Å². The van der Waals surface area contributed by atoms with Crippen molar-refractivity contribution in [1.29, 1.82) is 15.8 Å². The first-order valence-corrected chi connectivity index (χ1v) is 10.1. The highest BCUT2D eigenvalue weighted by Crippen LogP contribution is 2.31. The highest BCUT2D eigenvalue weighted by molar-refractivity contribution is 7.17. The van der Waals surface area contributed by atoms with E-state index >= 15 is 8.78 Å². The highest BCUT2D eigenvalue weighted by atomic mass is 32.1. The molecule has 0 spiro atoms. The second-order valence-electron chi connectivity index (χ2n) is 6.20. The largest absolute Gasteiger partial charge is 0.296 e. The van der Waals surface area contributed by atoms with Gasteiger partial charge in [-0.25, -0.2) is 46.4 Å². The molecule has 0 radical (unpaired) electrons. The van der Waals surface area contributed by atoms with Crippen molar-refractivity contribution < 1.29 is 26.3 Å². The Morgan fingerprint density at radius 2 is 1.12 bits per heavy atom. The molecular weight excluding hydrogens is 502 g/mol. The SMILES string of the molecule is [C-]#[N+]/C(C#N)=c1\nc2c(F)c(F)/c(=c3/c(F)c(F)c4nc(=C(C#N)C#N)sc4c3F)c(F)c2s1. The van der Waals surface area contributed by atoms with Gasteiger partial charge < -0.3 is 0 Å². The number of nitrogens with zero attached hydrogens (tertiary/aromatic N) is 6. The third kappa shape index (κ3) is 3.06. The minimum atomic E-state index is -2.09. The molecule has 0 atom stereocenters. The van der Waals surface area contributed by atoms with Crippen molar-refractivity contribution >= 4 is 54.4 Å². The minimum absolute atomic E-state index is 0.251. The summed E-state index contributed by atoms with van der Waals surface area (Å²) < 4.78 is 87.1. The molecule has 0 bridgehead atoms. The fraction of sp³-hybridized carbons (Fsp3) is 0. The topological polar surface area (TPSA) is 102 Å².